The van der Waals surface area contributed by atoms with Crippen molar-refractivity contribution in [1.29, 1.82) is 0 Å². The molecule has 0 amide bonds. The minimum Gasteiger partial charge on any atom is -0.505 e. The Labute approximate surface area is 111 Å². The van der Waals surface area contributed by atoms with Gasteiger partial charge in [0.25, 0.3) is 0 Å². The van der Waals surface area contributed by atoms with E-state index in [-0.39, 0.29) is 17.7 Å². The summed E-state index contributed by atoms with van der Waals surface area (Å²) in [5.41, 5.74) is 9.42. The first-order valence-electron chi connectivity index (χ1n) is 6.49. The molecule has 0 radical (unpaired) electrons. The molecule has 0 bridgehead atoms. The van der Waals surface area contributed by atoms with E-state index in [1.54, 1.807) is 6.07 Å². The van der Waals surface area contributed by atoms with E-state index in [9.17, 15) is 9.50 Å². The Morgan fingerprint density at radius 1 is 1.05 bits per heavy atom. The smallest absolute Gasteiger partial charge is 0.164 e. The van der Waals surface area contributed by atoms with Gasteiger partial charge in [-0.2, -0.15) is 0 Å². The number of nitrogens with two attached hydrogens (primary N) is 1. The van der Waals surface area contributed by atoms with Crippen LogP contribution in [-0.2, 0) is 0 Å². The van der Waals surface area contributed by atoms with E-state index in [4.69, 9.17) is 5.73 Å². The molecule has 19 heavy (non-hydrogen) atoms. The van der Waals surface area contributed by atoms with Crippen LogP contribution in [0.25, 0.3) is 0 Å². The van der Waals surface area contributed by atoms with E-state index in [0.717, 1.165) is 24.0 Å². The van der Waals surface area contributed by atoms with Crippen molar-refractivity contribution >= 4 is 0 Å². The summed E-state index contributed by atoms with van der Waals surface area (Å²) in [6.07, 6.45) is 1.82. The molecule has 3 heteroatoms. The summed E-state index contributed by atoms with van der Waals surface area (Å²) >= 11 is 0. The lowest BCUT2D eigenvalue weighted by molar-refractivity contribution is 0.430. The predicted octanol–water partition coefficient (Wildman–Crippen LogP) is 3.46. The van der Waals surface area contributed by atoms with Crippen LogP contribution < -0.4 is 5.73 Å². The third-order valence-corrected chi connectivity index (χ3v) is 3.91. The number of phenolic OH excluding ortho intramolecular Hbond substituents is 1. The normalized spacial score (nSPS) is 22.0. The summed E-state index contributed by atoms with van der Waals surface area (Å²) in [5.74, 6) is -0.683. The van der Waals surface area contributed by atoms with E-state index in [2.05, 4.69) is 12.1 Å². The van der Waals surface area contributed by atoms with Crippen molar-refractivity contribution in [2.45, 2.75) is 24.8 Å². The van der Waals surface area contributed by atoms with Crippen LogP contribution in [0, 0.1) is 5.82 Å². The van der Waals surface area contributed by atoms with Gasteiger partial charge in [-0.3, -0.25) is 0 Å². The highest BCUT2D eigenvalue weighted by molar-refractivity contribution is 5.43. The van der Waals surface area contributed by atoms with Gasteiger partial charge in [0.2, 0.25) is 0 Å². The molecule has 0 fully saturated rings. The summed E-state index contributed by atoms with van der Waals surface area (Å²) < 4.78 is 13.2. The van der Waals surface area contributed by atoms with Crippen LogP contribution in [0.15, 0.2) is 42.5 Å². The summed E-state index contributed by atoms with van der Waals surface area (Å²) in [6.45, 7) is 0. The van der Waals surface area contributed by atoms with Crippen molar-refractivity contribution in [2.75, 3.05) is 0 Å². The molecule has 0 spiro atoms. The van der Waals surface area contributed by atoms with Crippen molar-refractivity contribution < 1.29 is 9.50 Å². The maximum Gasteiger partial charge on any atom is 0.164 e. The summed E-state index contributed by atoms with van der Waals surface area (Å²) in [6, 6.07) is 12.8. The molecule has 0 heterocycles. The zero-order valence-corrected chi connectivity index (χ0v) is 10.5. The summed E-state index contributed by atoms with van der Waals surface area (Å²) in [4.78, 5) is 0. The second kappa shape index (κ2) is 4.67. The third kappa shape index (κ3) is 2.10. The zero-order valence-electron chi connectivity index (χ0n) is 10.5. The average molecular weight is 257 g/mol. The number of halogens is 1. The second-order valence-electron chi connectivity index (χ2n) is 5.08. The number of rotatable bonds is 1. The van der Waals surface area contributed by atoms with E-state index < -0.39 is 5.82 Å². The molecule has 2 atom stereocenters. The molecule has 2 nitrogen and oxygen atoms in total. The van der Waals surface area contributed by atoms with Crippen molar-refractivity contribution in [1.82, 2.24) is 0 Å². The molecule has 1 aliphatic carbocycles. The summed E-state index contributed by atoms with van der Waals surface area (Å²) in [5, 5.41) is 9.53. The number of benzene rings is 2. The Morgan fingerprint density at radius 2 is 1.79 bits per heavy atom. The number of hydrogen-bond donors (Lipinski definition) is 2. The maximum absolute atomic E-state index is 13.2. The maximum atomic E-state index is 13.2. The van der Waals surface area contributed by atoms with Gasteiger partial charge in [0.15, 0.2) is 11.6 Å². The van der Waals surface area contributed by atoms with Gasteiger partial charge >= 0.3 is 0 Å². The lowest BCUT2D eigenvalue weighted by atomic mass is 9.77. The fourth-order valence-electron chi connectivity index (χ4n) is 2.92. The summed E-state index contributed by atoms with van der Waals surface area (Å²) in [7, 11) is 0. The lowest BCUT2D eigenvalue weighted by Crippen LogP contribution is -2.20. The zero-order chi connectivity index (χ0) is 13.4. The van der Waals surface area contributed by atoms with Gasteiger partial charge in [-0.1, -0.05) is 30.3 Å². The van der Waals surface area contributed by atoms with E-state index in [1.807, 2.05) is 12.1 Å². The number of hydrogen-bond acceptors (Lipinski definition) is 2. The lowest BCUT2D eigenvalue weighted by Gasteiger charge is -2.30. The second-order valence-corrected chi connectivity index (χ2v) is 5.08. The molecule has 3 N–H and O–H groups in total. The first kappa shape index (κ1) is 12.2. The topological polar surface area (TPSA) is 46.2 Å². The van der Waals surface area contributed by atoms with Gasteiger partial charge in [0.1, 0.15) is 0 Å². The Bertz CT molecular complexity index is 611. The third-order valence-electron chi connectivity index (χ3n) is 3.91. The number of phenols is 1. The minimum atomic E-state index is -0.579. The molecule has 0 aromatic heterocycles. The minimum absolute atomic E-state index is 0.0708. The van der Waals surface area contributed by atoms with Crippen LogP contribution in [0.3, 0.4) is 0 Å². The number of fused-ring (bicyclic) bond motifs is 1. The van der Waals surface area contributed by atoms with Gasteiger partial charge in [0, 0.05) is 12.0 Å². The van der Waals surface area contributed by atoms with Crippen LogP contribution in [0.5, 0.6) is 5.75 Å². The Kier molecular flexibility index (Phi) is 2.99. The molecular weight excluding hydrogens is 241 g/mol. The van der Waals surface area contributed by atoms with E-state index >= 15 is 0 Å². The van der Waals surface area contributed by atoms with Gasteiger partial charge in [-0.25, -0.2) is 4.39 Å². The molecular formula is C16H16FNO. The van der Waals surface area contributed by atoms with Gasteiger partial charge in [-0.15, -0.1) is 0 Å². The molecule has 2 aromatic rings. The fourth-order valence-corrected chi connectivity index (χ4v) is 2.92. The Morgan fingerprint density at radius 3 is 2.53 bits per heavy atom. The molecule has 98 valence electrons. The predicted molar refractivity (Wildman–Crippen MR) is 72.5 cm³/mol. The van der Waals surface area contributed by atoms with Crippen LogP contribution in [-0.4, -0.2) is 5.11 Å². The quantitative estimate of drug-likeness (QED) is 0.821. The first-order valence-corrected chi connectivity index (χ1v) is 6.49. The van der Waals surface area contributed by atoms with Crippen LogP contribution in [0.2, 0.25) is 0 Å². The van der Waals surface area contributed by atoms with Crippen molar-refractivity contribution in [2.24, 2.45) is 5.73 Å². The SMILES string of the molecule is NC1CCC(c2ccc(F)c(O)c2)c2ccccc21. The number of aromatic hydroxyl groups is 1. The van der Waals surface area contributed by atoms with Crippen LogP contribution >= 0.6 is 0 Å². The van der Waals surface area contributed by atoms with Gasteiger partial charge in [0.05, 0.1) is 0 Å². The molecule has 2 aromatic carbocycles. The largest absolute Gasteiger partial charge is 0.505 e. The molecule has 0 aliphatic heterocycles. The van der Waals surface area contributed by atoms with E-state index in [1.165, 1.54) is 17.7 Å². The van der Waals surface area contributed by atoms with Gasteiger partial charge in [-0.05, 0) is 41.7 Å². The molecule has 2 unspecified atom stereocenters. The average Bonchev–Trinajstić information content (AvgIpc) is 2.43. The monoisotopic (exact) mass is 257 g/mol. The highest BCUT2D eigenvalue weighted by Crippen LogP contribution is 2.40. The van der Waals surface area contributed by atoms with E-state index in [0.29, 0.717) is 0 Å². The molecule has 0 saturated carbocycles. The molecule has 0 saturated heterocycles. The van der Waals surface area contributed by atoms with Crippen LogP contribution in [0.4, 0.5) is 4.39 Å². The van der Waals surface area contributed by atoms with Crippen molar-refractivity contribution in [3.05, 3.63) is 65.0 Å². The molecule has 1 aliphatic rings. The van der Waals surface area contributed by atoms with Crippen molar-refractivity contribution in [3.63, 3.8) is 0 Å². The first-order chi connectivity index (χ1) is 9.16. The van der Waals surface area contributed by atoms with Crippen LogP contribution in [0.1, 0.15) is 41.5 Å². The highest BCUT2D eigenvalue weighted by atomic mass is 19.1. The Balaban J connectivity index is 2.07. The standard InChI is InChI=1S/C16H16FNO/c17-14-7-5-10(9-16(14)19)11-6-8-15(18)13-4-2-1-3-12(11)13/h1-5,7,9,11,15,19H,6,8,18H2. The van der Waals surface area contributed by atoms with Crippen molar-refractivity contribution in [3.8, 4) is 5.75 Å². The van der Waals surface area contributed by atoms with Gasteiger partial charge < -0.3 is 10.8 Å². The Hall–Kier alpha value is -1.87. The molecule has 3 rings (SSSR count). The highest BCUT2D eigenvalue weighted by Gasteiger charge is 2.26. The fraction of sp³-hybridized carbons (Fsp3) is 0.250.